The Morgan fingerprint density at radius 3 is 3.00 bits per heavy atom. The van der Waals surface area contributed by atoms with Crippen LogP contribution < -0.4 is 5.73 Å². The third-order valence-corrected chi connectivity index (χ3v) is 3.54. The van der Waals surface area contributed by atoms with Crippen molar-refractivity contribution in [3.8, 4) is 0 Å². The molecule has 7 heteroatoms. The summed E-state index contributed by atoms with van der Waals surface area (Å²) >= 11 is 0. The van der Waals surface area contributed by atoms with Crippen LogP contribution >= 0.6 is 0 Å². The number of aliphatic hydroxyl groups is 1. The fraction of sp³-hybridized carbons (Fsp3) is 0.462. The first-order chi connectivity index (χ1) is 9.72. The van der Waals surface area contributed by atoms with Gasteiger partial charge in [0.05, 0.1) is 17.6 Å². The second-order valence-corrected chi connectivity index (χ2v) is 4.81. The predicted octanol–water partition coefficient (Wildman–Crippen LogP) is 0.568. The number of H-pyrrole nitrogens is 1. The van der Waals surface area contributed by atoms with Gasteiger partial charge in [-0.05, 0) is 31.2 Å². The van der Waals surface area contributed by atoms with Crippen LogP contribution in [0.4, 0.5) is 5.82 Å². The quantitative estimate of drug-likeness (QED) is 0.706. The van der Waals surface area contributed by atoms with E-state index in [0.29, 0.717) is 22.4 Å². The number of aliphatic hydroxyl groups excluding tert-OH is 1. The largest absolute Gasteiger partial charge is 0.460 e. The van der Waals surface area contributed by atoms with Crippen molar-refractivity contribution >= 4 is 22.8 Å². The minimum Gasteiger partial charge on any atom is -0.460 e. The first-order valence-electron chi connectivity index (χ1n) is 6.65. The Kier molecular flexibility index (Phi) is 3.27. The number of fused-ring (bicyclic) bond motifs is 2. The van der Waals surface area contributed by atoms with Crippen LogP contribution in [0.3, 0.4) is 0 Å². The van der Waals surface area contributed by atoms with E-state index in [9.17, 15) is 4.79 Å². The van der Waals surface area contributed by atoms with Crippen LogP contribution in [0.5, 0.6) is 0 Å². The minimum atomic E-state index is -0.474. The molecule has 0 unspecified atom stereocenters. The van der Waals surface area contributed by atoms with Crippen molar-refractivity contribution in [2.75, 3.05) is 18.9 Å². The Balaban J connectivity index is 2.19. The number of nitrogen functional groups attached to an aromatic ring is 1. The number of nitrogens with two attached hydrogens (primary N) is 1. The molecule has 2 aromatic rings. The standard InChI is InChI=1S/C13H16N4O3/c14-11-10-9(13(19)20-6-5-18)7-3-1-2-4-8(7)15-12(10)17-16-11/h18H,1-6H2,(H3,14,15,16,17). The number of carbonyl (C=O) groups excluding carboxylic acids is 1. The van der Waals surface area contributed by atoms with Gasteiger partial charge in [-0.25, -0.2) is 9.78 Å². The number of hydrogen-bond donors (Lipinski definition) is 3. The van der Waals surface area contributed by atoms with Gasteiger partial charge in [0, 0.05) is 5.69 Å². The van der Waals surface area contributed by atoms with Crippen molar-refractivity contribution in [1.82, 2.24) is 15.2 Å². The molecule has 106 valence electrons. The van der Waals surface area contributed by atoms with E-state index in [4.69, 9.17) is 15.6 Å². The van der Waals surface area contributed by atoms with Crippen LogP contribution in [0.25, 0.3) is 11.0 Å². The van der Waals surface area contributed by atoms with Crippen molar-refractivity contribution in [2.45, 2.75) is 25.7 Å². The molecule has 1 aliphatic carbocycles. The Morgan fingerprint density at radius 1 is 1.40 bits per heavy atom. The first kappa shape index (κ1) is 12.9. The van der Waals surface area contributed by atoms with Gasteiger partial charge in [0.2, 0.25) is 0 Å². The monoisotopic (exact) mass is 276 g/mol. The summed E-state index contributed by atoms with van der Waals surface area (Å²) in [5.41, 5.74) is 8.55. The van der Waals surface area contributed by atoms with E-state index in [1.807, 2.05) is 0 Å². The molecule has 7 nitrogen and oxygen atoms in total. The van der Waals surface area contributed by atoms with Crippen molar-refractivity contribution < 1.29 is 14.6 Å². The highest BCUT2D eigenvalue weighted by molar-refractivity contribution is 6.08. The van der Waals surface area contributed by atoms with Crippen molar-refractivity contribution in [1.29, 1.82) is 0 Å². The van der Waals surface area contributed by atoms with Crippen LogP contribution in [0, 0.1) is 0 Å². The summed E-state index contributed by atoms with van der Waals surface area (Å²) in [4.78, 5) is 16.8. The number of aromatic nitrogens is 3. The summed E-state index contributed by atoms with van der Waals surface area (Å²) in [7, 11) is 0. The topological polar surface area (TPSA) is 114 Å². The van der Waals surface area contributed by atoms with Gasteiger partial charge in [-0.3, -0.25) is 5.10 Å². The molecule has 0 fully saturated rings. The number of aryl methyl sites for hydroxylation is 1. The number of hydrogen-bond acceptors (Lipinski definition) is 6. The zero-order chi connectivity index (χ0) is 14.1. The van der Waals surface area contributed by atoms with E-state index >= 15 is 0 Å². The number of rotatable bonds is 3. The smallest absolute Gasteiger partial charge is 0.339 e. The van der Waals surface area contributed by atoms with Gasteiger partial charge >= 0.3 is 5.97 Å². The van der Waals surface area contributed by atoms with Gasteiger partial charge in [-0.2, -0.15) is 5.10 Å². The van der Waals surface area contributed by atoms with E-state index in [0.717, 1.165) is 36.9 Å². The lowest BCUT2D eigenvalue weighted by molar-refractivity contribution is 0.0434. The summed E-state index contributed by atoms with van der Waals surface area (Å²) in [5, 5.41) is 16.0. The molecule has 0 aliphatic heterocycles. The van der Waals surface area contributed by atoms with Gasteiger partial charge in [-0.1, -0.05) is 0 Å². The molecule has 0 saturated carbocycles. The lowest BCUT2D eigenvalue weighted by Gasteiger charge is -2.18. The molecule has 0 atom stereocenters. The van der Waals surface area contributed by atoms with Crippen LogP contribution in [0.1, 0.15) is 34.5 Å². The van der Waals surface area contributed by atoms with Crippen LogP contribution in [0.2, 0.25) is 0 Å². The highest BCUT2D eigenvalue weighted by Gasteiger charge is 2.26. The van der Waals surface area contributed by atoms with E-state index in [-0.39, 0.29) is 13.2 Å². The number of aromatic amines is 1. The molecule has 0 aromatic carbocycles. The zero-order valence-corrected chi connectivity index (χ0v) is 11.0. The number of anilines is 1. The Labute approximate surface area is 115 Å². The molecule has 3 rings (SSSR count). The second kappa shape index (κ2) is 5.09. The Hall–Kier alpha value is -2.15. The molecule has 2 heterocycles. The molecular formula is C13H16N4O3. The number of ether oxygens (including phenoxy) is 1. The van der Waals surface area contributed by atoms with Crippen LogP contribution in [-0.2, 0) is 17.6 Å². The van der Waals surface area contributed by atoms with Gasteiger partial charge in [0.1, 0.15) is 12.4 Å². The third-order valence-electron chi connectivity index (χ3n) is 3.54. The molecule has 0 bridgehead atoms. The molecule has 2 aromatic heterocycles. The summed E-state index contributed by atoms with van der Waals surface area (Å²) in [6.45, 7) is -0.238. The number of pyridine rings is 1. The lowest BCUT2D eigenvalue weighted by atomic mass is 9.91. The predicted molar refractivity (Wildman–Crippen MR) is 72.3 cm³/mol. The third kappa shape index (κ3) is 2.00. The molecule has 4 N–H and O–H groups in total. The summed E-state index contributed by atoms with van der Waals surface area (Å²) in [6, 6.07) is 0. The van der Waals surface area contributed by atoms with Gasteiger partial charge in [0.15, 0.2) is 5.65 Å². The van der Waals surface area contributed by atoms with E-state index in [1.54, 1.807) is 0 Å². The maximum atomic E-state index is 12.3. The normalized spacial score (nSPS) is 14.2. The average molecular weight is 276 g/mol. The second-order valence-electron chi connectivity index (χ2n) is 4.81. The average Bonchev–Trinajstić information content (AvgIpc) is 2.83. The molecule has 1 aliphatic rings. The summed E-state index contributed by atoms with van der Waals surface area (Å²) < 4.78 is 5.06. The van der Waals surface area contributed by atoms with Crippen LogP contribution in [-0.4, -0.2) is 39.5 Å². The molecule has 0 amide bonds. The summed E-state index contributed by atoms with van der Waals surface area (Å²) in [5.74, 6) is -0.158. The van der Waals surface area contributed by atoms with Gasteiger partial charge in [-0.15, -0.1) is 0 Å². The Bertz CT molecular complexity index is 665. The maximum absolute atomic E-state index is 12.3. The minimum absolute atomic E-state index is 0.0326. The number of nitrogens with one attached hydrogen (secondary N) is 1. The van der Waals surface area contributed by atoms with Crippen molar-refractivity contribution in [2.24, 2.45) is 0 Å². The first-order valence-corrected chi connectivity index (χ1v) is 6.65. The number of nitrogens with zero attached hydrogens (tertiary/aromatic N) is 2. The van der Waals surface area contributed by atoms with E-state index in [1.165, 1.54) is 0 Å². The highest BCUT2D eigenvalue weighted by Crippen LogP contribution is 2.31. The molecule has 0 radical (unpaired) electrons. The molecule has 20 heavy (non-hydrogen) atoms. The highest BCUT2D eigenvalue weighted by atomic mass is 16.5. The lowest BCUT2D eigenvalue weighted by Crippen LogP contribution is -2.17. The zero-order valence-electron chi connectivity index (χ0n) is 11.0. The summed E-state index contributed by atoms with van der Waals surface area (Å²) in [6.07, 6.45) is 3.68. The van der Waals surface area contributed by atoms with Crippen molar-refractivity contribution in [3.63, 3.8) is 0 Å². The van der Waals surface area contributed by atoms with E-state index in [2.05, 4.69) is 15.2 Å². The van der Waals surface area contributed by atoms with Gasteiger partial charge < -0.3 is 15.6 Å². The molecule has 0 spiro atoms. The van der Waals surface area contributed by atoms with E-state index < -0.39 is 5.97 Å². The fourth-order valence-corrected chi connectivity index (χ4v) is 2.67. The SMILES string of the molecule is Nc1[nH]nc2nc3c(c(C(=O)OCCO)c12)CCCC3. The fourth-order valence-electron chi connectivity index (χ4n) is 2.67. The van der Waals surface area contributed by atoms with Crippen LogP contribution in [0.15, 0.2) is 0 Å². The Morgan fingerprint density at radius 2 is 2.20 bits per heavy atom. The van der Waals surface area contributed by atoms with Crippen molar-refractivity contribution in [3.05, 3.63) is 16.8 Å². The molecular weight excluding hydrogens is 260 g/mol. The number of carbonyl (C=O) groups is 1. The van der Waals surface area contributed by atoms with Gasteiger partial charge in [0.25, 0.3) is 0 Å². The molecule has 0 saturated heterocycles. The maximum Gasteiger partial charge on any atom is 0.339 e. The number of esters is 1.